The van der Waals surface area contributed by atoms with Crippen LogP contribution in [-0.4, -0.2) is 31.7 Å². The number of benzene rings is 3. The lowest BCUT2D eigenvalue weighted by molar-refractivity contribution is 0.0955. The number of fused-ring (bicyclic) bond motifs is 1. The molecular formula is C26H23BrN2O3. The zero-order valence-electron chi connectivity index (χ0n) is 17.9. The Morgan fingerprint density at radius 3 is 2.47 bits per heavy atom. The molecule has 0 fully saturated rings. The number of carbonyl (C=O) groups excluding carboxylic acids is 1. The summed E-state index contributed by atoms with van der Waals surface area (Å²) in [6, 6.07) is 23.3. The molecule has 0 saturated carbocycles. The predicted molar refractivity (Wildman–Crippen MR) is 130 cm³/mol. The van der Waals surface area contributed by atoms with Crippen LogP contribution in [0.1, 0.15) is 15.9 Å². The second-order valence-electron chi connectivity index (χ2n) is 7.28. The minimum atomic E-state index is -0.131. The molecule has 32 heavy (non-hydrogen) atoms. The molecule has 6 heteroatoms. The molecule has 0 atom stereocenters. The minimum Gasteiger partial charge on any atom is -0.493 e. The van der Waals surface area contributed by atoms with Crippen LogP contribution in [0.15, 0.2) is 77.3 Å². The normalized spacial score (nSPS) is 10.7. The van der Waals surface area contributed by atoms with Crippen LogP contribution in [0.5, 0.6) is 11.5 Å². The summed E-state index contributed by atoms with van der Waals surface area (Å²) in [7, 11) is 3.22. The van der Waals surface area contributed by atoms with E-state index in [0.29, 0.717) is 30.0 Å². The van der Waals surface area contributed by atoms with Crippen LogP contribution < -0.4 is 14.8 Å². The van der Waals surface area contributed by atoms with Gasteiger partial charge in [-0.3, -0.25) is 4.79 Å². The van der Waals surface area contributed by atoms with Crippen LogP contribution in [0.4, 0.5) is 0 Å². The SMILES string of the molecule is COc1ccc(CCNC(=O)c2cc(-c3ccccc3)nc3ccc(Br)cc23)cc1OC. The van der Waals surface area contributed by atoms with E-state index in [1.807, 2.05) is 72.8 Å². The molecule has 0 aliphatic heterocycles. The van der Waals surface area contributed by atoms with Gasteiger partial charge >= 0.3 is 0 Å². The number of amides is 1. The summed E-state index contributed by atoms with van der Waals surface area (Å²) in [6.07, 6.45) is 0.671. The van der Waals surface area contributed by atoms with Gasteiger partial charge in [0.25, 0.3) is 5.91 Å². The Kier molecular flexibility index (Phi) is 6.71. The summed E-state index contributed by atoms with van der Waals surface area (Å²) in [5.74, 6) is 1.23. The highest BCUT2D eigenvalue weighted by atomic mass is 79.9. The van der Waals surface area contributed by atoms with Crippen LogP contribution in [0, 0.1) is 0 Å². The predicted octanol–water partition coefficient (Wildman–Crippen LogP) is 5.65. The average Bonchev–Trinajstić information content (AvgIpc) is 2.83. The van der Waals surface area contributed by atoms with E-state index < -0.39 is 0 Å². The quantitative estimate of drug-likeness (QED) is 0.363. The molecule has 0 radical (unpaired) electrons. The van der Waals surface area contributed by atoms with Crippen molar-refractivity contribution in [2.45, 2.75) is 6.42 Å². The third kappa shape index (κ3) is 4.75. The van der Waals surface area contributed by atoms with E-state index in [9.17, 15) is 4.79 Å². The number of aromatic nitrogens is 1. The van der Waals surface area contributed by atoms with Gasteiger partial charge in [0.15, 0.2) is 11.5 Å². The van der Waals surface area contributed by atoms with E-state index in [2.05, 4.69) is 21.2 Å². The largest absolute Gasteiger partial charge is 0.493 e. The standard InChI is InChI=1S/C26H23BrN2O3/c1-31-24-11-8-17(14-25(24)32-2)12-13-28-26(30)21-16-23(18-6-4-3-5-7-18)29-22-10-9-19(27)15-20(21)22/h3-11,14-16H,12-13H2,1-2H3,(H,28,30). The van der Waals surface area contributed by atoms with Gasteiger partial charge < -0.3 is 14.8 Å². The summed E-state index contributed by atoms with van der Waals surface area (Å²) in [4.78, 5) is 17.9. The average molecular weight is 491 g/mol. The highest BCUT2D eigenvalue weighted by Gasteiger charge is 2.14. The van der Waals surface area contributed by atoms with Crippen molar-refractivity contribution in [2.75, 3.05) is 20.8 Å². The van der Waals surface area contributed by atoms with Crippen molar-refractivity contribution < 1.29 is 14.3 Å². The number of ether oxygens (including phenoxy) is 2. The van der Waals surface area contributed by atoms with Gasteiger partial charge in [0, 0.05) is 22.0 Å². The van der Waals surface area contributed by atoms with E-state index in [0.717, 1.165) is 32.2 Å². The van der Waals surface area contributed by atoms with Crippen molar-refractivity contribution in [1.82, 2.24) is 10.3 Å². The highest BCUT2D eigenvalue weighted by molar-refractivity contribution is 9.10. The smallest absolute Gasteiger partial charge is 0.252 e. The number of hydrogen-bond donors (Lipinski definition) is 1. The fourth-order valence-electron chi connectivity index (χ4n) is 3.59. The van der Waals surface area contributed by atoms with E-state index in [1.165, 1.54) is 0 Å². The summed E-state index contributed by atoms with van der Waals surface area (Å²) in [6.45, 7) is 0.493. The summed E-state index contributed by atoms with van der Waals surface area (Å²) in [5, 5.41) is 3.86. The topological polar surface area (TPSA) is 60.5 Å². The van der Waals surface area contributed by atoms with Crippen LogP contribution in [0.25, 0.3) is 22.2 Å². The molecule has 1 amide bonds. The third-order valence-corrected chi connectivity index (χ3v) is 5.73. The lowest BCUT2D eigenvalue weighted by Crippen LogP contribution is -2.26. The molecule has 3 aromatic carbocycles. The fourth-order valence-corrected chi connectivity index (χ4v) is 3.96. The Bertz CT molecular complexity index is 1260. The molecule has 1 N–H and O–H groups in total. The van der Waals surface area contributed by atoms with Crippen LogP contribution in [0.2, 0.25) is 0 Å². The zero-order valence-corrected chi connectivity index (χ0v) is 19.5. The van der Waals surface area contributed by atoms with Gasteiger partial charge in [-0.25, -0.2) is 4.98 Å². The number of nitrogens with one attached hydrogen (secondary N) is 1. The Morgan fingerprint density at radius 1 is 0.938 bits per heavy atom. The second kappa shape index (κ2) is 9.83. The molecular weight excluding hydrogens is 468 g/mol. The maximum Gasteiger partial charge on any atom is 0.252 e. The van der Waals surface area contributed by atoms with Crippen molar-refractivity contribution in [3.63, 3.8) is 0 Å². The van der Waals surface area contributed by atoms with Crippen LogP contribution >= 0.6 is 15.9 Å². The Labute approximate surface area is 195 Å². The molecule has 0 spiro atoms. The van der Waals surface area contributed by atoms with Crippen LogP contribution in [-0.2, 0) is 6.42 Å². The number of hydrogen-bond acceptors (Lipinski definition) is 4. The Hall–Kier alpha value is -3.38. The number of rotatable bonds is 7. The summed E-state index contributed by atoms with van der Waals surface area (Å²) >= 11 is 3.51. The van der Waals surface area contributed by atoms with Gasteiger partial charge in [-0.2, -0.15) is 0 Å². The minimum absolute atomic E-state index is 0.131. The molecule has 1 aromatic heterocycles. The molecule has 0 aliphatic rings. The molecule has 0 aliphatic carbocycles. The number of nitrogens with zero attached hydrogens (tertiary/aromatic N) is 1. The van der Waals surface area contributed by atoms with Crippen molar-refractivity contribution in [2.24, 2.45) is 0 Å². The van der Waals surface area contributed by atoms with Crippen LogP contribution in [0.3, 0.4) is 0 Å². The molecule has 0 bridgehead atoms. The number of carbonyl (C=O) groups is 1. The molecule has 1 heterocycles. The lowest BCUT2D eigenvalue weighted by atomic mass is 10.0. The van der Waals surface area contributed by atoms with Crippen molar-refractivity contribution in [1.29, 1.82) is 0 Å². The van der Waals surface area contributed by atoms with Gasteiger partial charge in [0.1, 0.15) is 0 Å². The number of halogens is 1. The van der Waals surface area contributed by atoms with E-state index in [4.69, 9.17) is 14.5 Å². The Balaban J connectivity index is 1.58. The van der Waals surface area contributed by atoms with Crippen molar-refractivity contribution >= 4 is 32.7 Å². The van der Waals surface area contributed by atoms with Gasteiger partial charge in [0.05, 0.1) is 31.0 Å². The first-order chi connectivity index (χ1) is 15.6. The van der Waals surface area contributed by atoms with Gasteiger partial charge in [-0.15, -0.1) is 0 Å². The Morgan fingerprint density at radius 2 is 1.72 bits per heavy atom. The number of methoxy groups -OCH3 is 2. The highest BCUT2D eigenvalue weighted by Crippen LogP contribution is 2.28. The zero-order chi connectivity index (χ0) is 22.5. The van der Waals surface area contributed by atoms with E-state index >= 15 is 0 Å². The van der Waals surface area contributed by atoms with Crippen molar-refractivity contribution in [3.8, 4) is 22.8 Å². The monoisotopic (exact) mass is 490 g/mol. The van der Waals surface area contributed by atoms with Crippen molar-refractivity contribution in [3.05, 3.63) is 88.4 Å². The molecule has 0 saturated heterocycles. The molecule has 162 valence electrons. The summed E-state index contributed by atoms with van der Waals surface area (Å²) < 4.78 is 11.6. The molecule has 4 rings (SSSR count). The lowest BCUT2D eigenvalue weighted by Gasteiger charge is -2.12. The fraction of sp³-hybridized carbons (Fsp3) is 0.154. The number of pyridine rings is 1. The summed E-state index contributed by atoms with van der Waals surface area (Å²) in [5.41, 5.74) is 4.17. The third-order valence-electron chi connectivity index (χ3n) is 5.23. The first-order valence-corrected chi connectivity index (χ1v) is 11.0. The molecule has 0 unspecified atom stereocenters. The van der Waals surface area contributed by atoms with E-state index in [1.54, 1.807) is 14.2 Å². The van der Waals surface area contributed by atoms with Gasteiger partial charge in [0.2, 0.25) is 0 Å². The molecule has 4 aromatic rings. The van der Waals surface area contributed by atoms with E-state index in [-0.39, 0.29) is 5.91 Å². The first kappa shape index (κ1) is 21.8. The maximum absolute atomic E-state index is 13.2. The second-order valence-corrected chi connectivity index (χ2v) is 8.19. The maximum atomic E-state index is 13.2. The van der Waals surface area contributed by atoms with Gasteiger partial charge in [-0.1, -0.05) is 52.3 Å². The molecule has 5 nitrogen and oxygen atoms in total. The van der Waals surface area contributed by atoms with Gasteiger partial charge in [-0.05, 0) is 48.4 Å². The first-order valence-electron chi connectivity index (χ1n) is 10.2.